The van der Waals surface area contributed by atoms with Gasteiger partial charge < -0.3 is 10.1 Å². The number of nitrogens with one attached hydrogen (secondary N) is 1. The number of carbonyl (C=O) groups is 2. The number of hydrogen-bond acceptors (Lipinski definition) is 4. The molecule has 0 atom stereocenters. The first-order chi connectivity index (χ1) is 9.75. The van der Waals surface area contributed by atoms with Crippen molar-refractivity contribution in [1.29, 1.82) is 0 Å². The maximum absolute atomic E-state index is 11.7. The Balaban J connectivity index is 1.74. The van der Waals surface area contributed by atoms with E-state index in [4.69, 9.17) is 4.74 Å². The number of rotatable bonds is 5. The van der Waals surface area contributed by atoms with E-state index in [0.29, 0.717) is 5.56 Å². The fourth-order valence-electron chi connectivity index (χ4n) is 1.56. The molecule has 0 aliphatic heterocycles. The van der Waals surface area contributed by atoms with Crippen molar-refractivity contribution in [1.82, 2.24) is 10.3 Å². The molecule has 20 heavy (non-hydrogen) atoms. The van der Waals surface area contributed by atoms with Crippen molar-refractivity contribution < 1.29 is 14.3 Å². The molecule has 1 aromatic heterocycles. The lowest BCUT2D eigenvalue weighted by atomic mass is 10.2. The highest BCUT2D eigenvalue weighted by atomic mass is 16.5. The van der Waals surface area contributed by atoms with Crippen molar-refractivity contribution >= 4 is 11.9 Å². The number of benzene rings is 1. The topological polar surface area (TPSA) is 68.3 Å². The normalized spacial score (nSPS) is 9.80. The Morgan fingerprint density at radius 3 is 2.60 bits per heavy atom. The Bertz CT molecular complexity index is 570. The molecule has 0 fully saturated rings. The van der Waals surface area contributed by atoms with Crippen LogP contribution in [-0.4, -0.2) is 23.4 Å². The Kier molecular flexibility index (Phi) is 4.83. The molecule has 0 spiro atoms. The Morgan fingerprint density at radius 1 is 1.10 bits per heavy atom. The maximum Gasteiger partial charge on any atom is 0.407 e. The second-order valence-electron chi connectivity index (χ2n) is 4.08. The lowest BCUT2D eigenvalue weighted by Crippen LogP contribution is -2.30. The van der Waals surface area contributed by atoms with Gasteiger partial charge in [0.1, 0.15) is 6.61 Å². The van der Waals surface area contributed by atoms with Crippen LogP contribution in [0, 0.1) is 0 Å². The predicted octanol–water partition coefficient (Wildman–Crippen LogP) is 2.19. The van der Waals surface area contributed by atoms with Crippen LogP contribution in [0.3, 0.4) is 0 Å². The van der Waals surface area contributed by atoms with Gasteiger partial charge in [0.15, 0.2) is 5.78 Å². The summed E-state index contributed by atoms with van der Waals surface area (Å²) in [5, 5.41) is 2.41. The summed E-state index contributed by atoms with van der Waals surface area (Å²) in [4.78, 5) is 27.0. The second kappa shape index (κ2) is 7.04. The van der Waals surface area contributed by atoms with Gasteiger partial charge in [0.25, 0.3) is 0 Å². The zero-order valence-electron chi connectivity index (χ0n) is 10.8. The van der Waals surface area contributed by atoms with E-state index in [1.54, 1.807) is 18.3 Å². The van der Waals surface area contributed by atoms with E-state index in [9.17, 15) is 9.59 Å². The van der Waals surface area contributed by atoms with E-state index in [-0.39, 0.29) is 18.9 Å². The summed E-state index contributed by atoms with van der Waals surface area (Å²) >= 11 is 0. The minimum absolute atomic E-state index is 0.112. The van der Waals surface area contributed by atoms with Gasteiger partial charge in [-0.25, -0.2) is 4.79 Å². The van der Waals surface area contributed by atoms with Crippen LogP contribution < -0.4 is 5.32 Å². The van der Waals surface area contributed by atoms with Crippen molar-refractivity contribution in [3.8, 4) is 0 Å². The molecule has 1 N–H and O–H groups in total. The zero-order valence-corrected chi connectivity index (χ0v) is 10.8. The molecule has 0 unspecified atom stereocenters. The molecule has 2 rings (SSSR count). The van der Waals surface area contributed by atoms with Crippen molar-refractivity contribution in [2.75, 3.05) is 6.54 Å². The van der Waals surface area contributed by atoms with E-state index in [1.165, 1.54) is 6.20 Å². The Morgan fingerprint density at radius 2 is 1.90 bits per heavy atom. The predicted molar refractivity (Wildman–Crippen MR) is 73.2 cm³/mol. The second-order valence-corrected chi connectivity index (χ2v) is 4.08. The average Bonchev–Trinajstić information content (AvgIpc) is 2.52. The third-order valence-electron chi connectivity index (χ3n) is 2.59. The molecule has 0 saturated heterocycles. The van der Waals surface area contributed by atoms with E-state index < -0.39 is 6.09 Å². The van der Waals surface area contributed by atoms with Crippen LogP contribution in [0.15, 0.2) is 54.9 Å². The highest BCUT2D eigenvalue weighted by Crippen LogP contribution is 2.01. The number of ether oxygens (including phenoxy) is 1. The van der Waals surface area contributed by atoms with Crippen molar-refractivity contribution in [3.63, 3.8) is 0 Å². The number of Topliss-reactive ketones (excluding diaryl/α,β-unsaturated/α-hetero) is 1. The molecule has 0 bridgehead atoms. The number of carbonyl (C=O) groups excluding carboxylic acids is 2. The van der Waals surface area contributed by atoms with Crippen molar-refractivity contribution in [2.24, 2.45) is 0 Å². The van der Waals surface area contributed by atoms with Gasteiger partial charge in [0.2, 0.25) is 0 Å². The quantitative estimate of drug-likeness (QED) is 0.846. The minimum Gasteiger partial charge on any atom is -0.445 e. The summed E-state index contributed by atoms with van der Waals surface area (Å²) < 4.78 is 5.00. The molecule has 0 aliphatic carbocycles. The number of amides is 1. The lowest BCUT2D eigenvalue weighted by Gasteiger charge is -2.06. The van der Waals surface area contributed by atoms with Crippen LogP contribution in [0.5, 0.6) is 0 Å². The van der Waals surface area contributed by atoms with Gasteiger partial charge in [-0.3, -0.25) is 9.78 Å². The number of ketones is 1. The van der Waals surface area contributed by atoms with Gasteiger partial charge in [-0.15, -0.1) is 0 Å². The van der Waals surface area contributed by atoms with Crippen LogP contribution in [0.1, 0.15) is 15.9 Å². The van der Waals surface area contributed by atoms with Gasteiger partial charge in [-0.1, -0.05) is 30.3 Å². The molecule has 0 aliphatic rings. The molecule has 0 saturated carbocycles. The fraction of sp³-hybridized carbons (Fsp3) is 0.133. The van der Waals surface area contributed by atoms with Gasteiger partial charge in [-0.05, 0) is 17.7 Å². The SMILES string of the molecule is O=C(NCC(=O)c1cccnc1)OCc1ccccc1. The van der Waals surface area contributed by atoms with E-state index in [0.717, 1.165) is 5.56 Å². The highest BCUT2D eigenvalue weighted by Gasteiger charge is 2.08. The molecule has 0 radical (unpaired) electrons. The number of aromatic nitrogens is 1. The van der Waals surface area contributed by atoms with Crippen LogP contribution in [0.25, 0.3) is 0 Å². The summed E-state index contributed by atoms with van der Waals surface area (Å²) in [6.07, 6.45) is 2.42. The molecule has 5 nitrogen and oxygen atoms in total. The largest absolute Gasteiger partial charge is 0.445 e. The summed E-state index contributed by atoms with van der Waals surface area (Å²) in [7, 11) is 0. The standard InChI is InChI=1S/C15H14N2O3/c18-14(13-7-4-8-16-9-13)10-17-15(19)20-11-12-5-2-1-3-6-12/h1-9H,10-11H2,(H,17,19). The molecule has 102 valence electrons. The first-order valence-electron chi connectivity index (χ1n) is 6.13. The highest BCUT2D eigenvalue weighted by molar-refractivity contribution is 5.98. The van der Waals surface area contributed by atoms with Crippen LogP contribution in [0.4, 0.5) is 4.79 Å². The number of hydrogen-bond donors (Lipinski definition) is 1. The summed E-state index contributed by atoms with van der Waals surface area (Å²) in [6.45, 7) is 0.0626. The smallest absolute Gasteiger partial charge is 0.407 e. The minimum atomic E-state index is -0.619. The first-order valence-corrected chi connectivity index (χ1v) is 6.13. The molecule has 1 heterocycles. The Hall–Kier alpha value is -2.69. The van der Waals surface area contributed by atoms with E-state index in [2.05, 4.69) is 10.3 Å². The molecular weight excluding hydrogens is 256 g/mol. The number of nitrogens with zero attached hydrogens (tertiary/aromatic N) is 1. The van der Waals surface area contributed by atoms with Crippen molar-refractivity contribution in [2.45, 2.75) is 6.61 Å². The first kappa shape index (κ1) is 13.7. The average molecular weight is 270 g/mol. The van der Waals surface area contributed by atoms with Gasteiger partial charge in [-0.2, -0.15) is 0 Å². The molecule has 1 amide bonds. The van der Waals surface area contributed by atoms with Gasteiger partial charge in [0, 0.05) is 18.0 Å². The molecule has 2 aromatic rings. The number of alkyl carbamates (subject to hydrolysis) is 1. The fourth-order valence-corrected chi connectivity index (χ4v) is 1.56. The third kappa shape index (κ3) is 4.20. The Labute approximate surface area is 116 Å². The number of pyridine rings is 1. The van der Waals surface area contributed by atoms with Crippen LogP contribution in [0.2, 0.25) is 0 Å². The summed E-state index contributed by atoms with van der Waals surface area (Å²) in [6, 6.07) is 12.6. The van der Waals surface area contributed by atoms with Gasteiger partial charge in [0.05, 0.1) is 6.54 Å². The maximum atomic E-state index is 11.7. The van der Waals surface area contributed by atoms with E-state index >= 15 is 0 Å². The van der Waals surface area contributed by atoms with Crippen molar-refractivity contribution in [3.05, 3.63) is 66.0 Å². The van der Waals surface area contributed by atoms with Gasteiger partial charge >= 0.3 is 6.09 Å². The molecule has 5 heteroatoms. The lowest BCUT2D eigenvalue weighted by molar-refractivity contribution is 0.0973. The molecule has 1 aromatic carbocycles. The van der Waals surface area contributed by atoms with Crippen LogP contribution >= 0.6 is 0 Å². The summed E-state index contributed by atoms with van der Waals surface area (Å²) in [5.41, 5.74) is 1.34. The molecular formula is C15H14N2O3. The third-order valence-corrected chi connectivity index (χ3v) is 2.59. The summed E-state index contributed by atoms with van der Waals surface area (Å²) in [5.74, 6) is -0.213. The van der Waals surface area contributed by atoms with Crippen LogP contribution in [-0.2, 0) is 11.3 Å². The zero-order chi connectivity index (χ0) is 14.2. The monoisotopic (exact) mass is 270 g/mol. The van der Waals surface area contributed by atoms with E-state index in [1.807, 2.05) is 30.3 Å².